The van der Waals surface area contributed by atoms with Gasteiger partial charge in [0.25, 0.3) is 0 Å². The molecule has 1 N–H and O–H groups in total. The van der Waals surface area contributed by atoms with Crippen molar-refractivity contribution in [2.75, 3.05) is 39.8 Å². The van der Waals surface area contributed by atoms with Crippen molar-refractivity contribution in [3.63, 3.8) is 0 Å². The topological polar surface area (TPSA) is 83.5 Å². The van der Waals surface area contributed by atoms with Crippen LogP contribution in [0.25, 0.3) is 0 Å². The van der Waals surface area contributed by atoms with E-state index < -0.39 is 0 Å². The fraction of sp³-hybridized carbons (Fsp3) is 0.625. The number of rotatable bonds is 14. The van der Waals surface area contributed by atoms with Crippen LogP contribution in [0.3, 0.4) is 0 Å². The van der Waals surface area contributed by atoms with Crippen LogP contribution in [0, 0.1) is 0 Å². The maximum atomic E-state index is 10.0. The fourth-order valence-corrected chi connectivity index (χ4v) is 2.83. The van der Waals surface area contributed by atoms with E-state index >= 15 is 0 Å². The summed E-state index contributed by atoms with van der Waals surface area (Å²) >= 11 is 0. The second kappa shape index (κ2) is 19.1. The van der Waals surface area contributed by atoms with E-state index in [4.69, 9.17) is 28.8 Å². The Labute approximate surface area is 207 Å². The van der Waals surface area contributed by atoms with Crippen molar-refractivity contribution in [3.05, 3.63) is 35.1 Å². The van der Waals surface area contributed by atoms with E-state index in [1.807, 2.05) is 6.07 Å². The van der Waals surface area contributed by atoms with E-state index in [0.29, 0.717) is 39.8 Å². The van der Waals surface area contributed by atoms with Gasteiger partial charge in [-0.1, -0.05) is 26.7 Å². The van der Waals surface area contributed by atoms with Crippen LogP contribution >= 0.6 is 0 Å². The van der Waals surface area contributed by atoms with Gasteiger partial charge in [-0.3, -0.25) is 4.79 Å². The van der Waals surface area contributed by atoms with Crippen LogP contribution in [0.5, 0.6) is 11.5 Å². The number of fused-ring (bicyclic) bond motifs is 1. The minimum Gasteiger partial charge on any atom is -0.512 e. The van der Waals surface area contributed by atoms with Crippen molar-refractivity contribution in [1.29, 1.82) is 0 Å². The Morgan fingerprint density at radius 2 is 1.50 bits per heavy atom. The van der Waals surface area contributed by atoms with Crippen LogP contribution < -0.4 is 9.47 Å². The molecule has 32 heavy (non-hydrogen) atoms. The molecule has 0 saturated carbocycles. The second-order valence-electron chi connectivity index (χ2n) is 7.25. The number of allylic oxidation sites excluding steroid dienone is 2. The van der Waals surface area contributed by atoms with E-state index in [2.05, 4.69) is 19.9 Å². The monoisotopic (exact) mass is 531 g/mol. The minimum absolute atomic E-state index is 0. The Hall–Kier alpha value is -1.35. The van der Waals surface area contributed by atoms with Gasteiger partial charge in [0.1, 0.15) is 0 Å². The van der Waals surface area contributed by atoms with Gasteiger partial charge in [-0.05, 0) is 49.9 Å². The van der Waals surface area contributed by atoms with E-state index in [1.165, 1.54) is 31.1 Å². The molecule has 0 amide bonds. The number of aryl methyl sites for hydroxylation is 1. The first kappa shape index (κ1) is 30.7. The average Bonchev–Trinajstić information content (AvgIpc) is 3.16. The molecule has 1 radical (unpaired) electrons. The van der Waals surface area contributed by atoms with E-state index in [9.17, 15) is 4.79 Å². The van der Waals surface area contributed by atoms with Crippen molar-refractivity contribution < 1.29 is 56.0 Å². The smallest absolute Gasteiger partial charge is 0.231 e. The van der Waals surface area contributed by atoms with Crippen LogP contribution in [0.15, 0.2) is 24.0 Å². The molecule has 0 unspecified atom stereocenters. The fourth-order valence-electron chi connectivity index (χ4n) is 2.83. The summed E-state index contributed by atoms with van der Waals surface area (Å²) in [5, 5.41) is 8.36. The summed E-state index contributed by atoms with van der Waals surface area (Å²) < 4.78 is 27.6. The Bertz CT molecular complexity index is 673. The van der Waals surface area contributed by atoms with E-state index in [-0.39, 0.29) is 33.9 Å². The van der Waals surface area contributed by atoms with Crippen molar-refractivity contribution in [2.24, 2.45) is 0 Å². The molecule has 1 aromatic rings. The SMILES string of the molecule is CC(=O)/C=C(/C)O.CCCCOCCOCCOCc1cc2c(cc1CCC)OCO2.[Nb]. The Balaban J connectivity index is 0.00000104. The largest absolute Gasteiger partial charge is 0.512 e. The van der Waals surface area contributed by atoms with Gasteiger partial charge in [-0.15, -0.1) is 0 Å². The Kier molecular flexibility index (Phi) is 18.3. The van der Waals surface area contributed by atoms with E-state index in [1.54, 1.807) is 0 Å². The Morgan fingerprint density at radius 1 is 0.938 bits per heavy atom. The summed E-state index contributed by atoms with van der Waals surface area (Å²) in [4.78, 5) is 10.0. The van der Waals surface area contributed by atoms with Gasteiger partial charge in [0, 0.05) is 35.1 Å². The second-order valence-corrected chi connectivity index (χ2v) is 7.25. The standard InChI is InChI=1S/C19H30O5.C5H8O2.Nb/c1-3-5-7-20-8-9-21-10-11-22-14-17-13-19-18(23-15-24-19)12-16(17)6-4-2;1-4(6)3-5(2)7;/h12-13H,3-11,14-15H2,1-2H3;3,6H,1-2H3;/b;4-3-;. The van der Waals surface area contributed by atoms with Crippen molar-refractivity contribution in [2.45, 2.75) is 60.0 Å². The number of aliphatic hydroxyl groups excluding tert-OH is 1. The zero-order chi connectivity index (χ0) is 22.9. The van der Waals surface area contributed by atoms with Gasteiger partial charge in [-0.25, -0.2) is 0 Å². The third-order valence-electron chi connectivity index (χ3n) is 4.27. The van der Waals surface area contributed by atoms with Gasteiger partial charge in [-0.2, -0.15) is 0 Å². The third-order valence-corrected chi connectivity index (χ3v) is 4.27. The quantitative estimate of drug-likeness (QED) is 0.161. The molecule has 1 aliphatic rings. The number of carbonyl (C=O) groups is 1. The minimum atomic E-state index is -0.125. The summed E-state index contributed by atoms with van der Waals surface area (Å²) in [5.41, 5.74) is 2.44. The summed E-state index contributed by atoms with van der Waals surface area (Å²) in [5.74, 6) is 1.59. The number of ketones is 1. The number of unbranched alkanes of at least 4 members (excludes halogenated alkanes) is 1. The normalized spacial score (nSPS) is 12.1. The predicted molar refractivity (Wildman–Crippen MR) is 120 cm³/mol. The molecule has 0 saturated heterocycles. The van der Waals surface area contributed by atoms with E-state index in [0.717, 1.165) is 43.8 Å². The molecule has 0 spiro atoms. The summed E-state index contributed by atoms with van der Waals surface area (Å²) in [6.07, 6.45) is 5.54. The molecule has 0 bridgehead atoms. The Morgan fingerprint density at radius 3 is 2.00 bits per heavy atom. The first-order valence-corrected chi connectivity index (χ1v) is 11.0. The molecule has 1 aliphatic heterocycles. The maximum Gasteiger partial charge on any atom is 0.231 e. The molecule has 1 aromatic carbocycles. The summed E-state index contributed by atoms with van der Waals surface area (Å²) in [6.45, 7) is 11.3. The average molecular weight is 531 g/mol. The molecule has 1 heterocycles. The van der Waals surface area contributed by atoms with Crippen LogP contribution in [0.1, 0.15) is 58.1 Å². The van der Waals surface area contributed by atoms with Crippen LogP contribution in [-0.2, 0) is 54.4 Å². The number of benzene rings is 1. The van der Waals surface area contributed by atoms with Gasteiger partial charge in [0.05, 0.1) is 38.8 Å². The number of aliphatic hydroxyl groups is 1. The van der Waals surface area contributed by atoms with Crippen molar-refractivity contribution in [1.82, 2.24) is 0 Å². The van der Waals surface area contributed by atoms with Crippen molar-refractivity contribution in [3.8, 4) is 11.5 Å². The molecule has 0 atom stereocenters. The van der Waals surface area contributed by atoms with Crippen LogP contribution in [0.4, 0.5) is 0 Å². The number of hydrogen-bond acceptors (Lipinski definition) is 7. The molecule has 7 nitrogen and oxygen atoms in total. The van der Waals surface area contributed by atoms with Gasteiger partial charge in [0.15, 0.2) is 17.3 Å². The molecule has 0 fully saturated rings. The maximum absolute atomic E-state index is 10.0. The molecular weight excluding hydrogens is 493 g/mol. The molecule has 2 rings (SSSR count). The van der Waals surface area contributed by atoms with Gasteiger partial charge < -0.3 is 28.8 Å². The molecule has 181 valence electrons. The zero-order valence-electron chi connectivity index (χ0n) is 19.9. The summed E-state index contributed by atoms with van der Waals surface area (Å²) in [6, 6.07) is 4.12. The molecular formula is C24H38NbO7. The van der Waals surface area contributed by atoms with Crippen molar-refractivity contribution >= 4 is 5.78 Å². The van der Waals surface area contributed by atoms with Crippen LogP contribution in [0.2, 0.25) is 0 Å². The number of ether oxygens (including phenoxy) is 5. The molecule has 0 aliphatic carbocycles. The van der Waals surface area contributed by atoms with Gasteiger partial charge in [0.2, 0.25) is 6.79 Å². The third kappa shape index (κ3) is 13.9. The molecule has 0 aromatic heterocycles. The number of hydrogen-bond donors (Lipinski definition) is 1. The van der Waals surface area contributed by atoms with Crippen LogP contribution in [-0.4, -0.2) is 50.7 Å². The first-order chi connectivity index (χ1) is 15.0. The number of carbonyl (C=O) groups excluding carboxylic acids is 1. The van der Waals surface area contributed by atoms with Gasteiger partial charge >= 0.3 is 0 Å². The summed E-state index contributed by atoms with van der Waals surface area (Å²) in [7, 11) is 0. The predicted octanol–water partition coefficient (Wildman–Crippen LogP) is 4.75. The first-order valence-electron chi connectivity index (χ1n) is 11.0. The zero-order valence-corrected chi connectivity index (χ0v) is 22.1. The molecule has 8 heteroatoms.